The van der Waals surface area contributed by atoms with Gasteiger partial charge in [-0.05, 0) is 29.3 Å². The minimum absolute atomic E-state index is 0.567. The van der Waals surface area contributed by atoms with Crippen LogP contribution in [0.15, 0.2) is 42.6 Å². The lowest BCUT2D eigenvalue weighted by atomic mass is 10.0. The zero-order valence-corrected chi connectivity index (χ0v) is 10.2. The minimum atomic E-state index is 0.567. The first-order valence-electron chi connectivity index (χ1n) is 5.63. The van der Waals surface area contributed by atoms with Crippen LogP contribution in [-0.4, -0.2) is 19.1 Å². The Kier molecular flexibility index (Phi) is 3.40. The van der Waals surface area contributed by atoms with E-state index < -0.39 is 0 Å². The summed E-state index contributed by atoms with van der Waals surface area (Å²) in [5, 5.41) is 0. The topological polar surface area (TPSA) is 42.1 Å². The van der Waals surface area contributed by atoms with Gasteiger partial charge in [-0.1, -0.05) is 18.2 Å². The van der Waals surface area contributed by atoms with Crippen molar-refractivity contribution in [1.82, 2.24) is 4.98 Å². The van der Waals surface area contributed by atoms with E-state index in [0.29, 0.717) is 6.54 Å². The molecule has 0 bridgehead atoms. The molecule has 1 aromatic heterocycles. The van der Waals surface area contributed by atoms with E-state index >= 15 is 0 Å². The number of aromatic nitrogens is 1. The number of rotatable bonds is 3. The van der Waals surface area contributed by atoms with Gasteiger partial charge in [0.25, 0.3) is 0 Å². The fraction of sp³-hybridized carbons (Fsp3) is 0.214. The Morgan fingerprint density at radius 3 is 2.53 bits per heavy atom. The van der Waals surface area contributed by atoms with Crippen molar-refractivity contribution < 1.29 is 0 Å². The quantitative estimate of drug-likeness (QED) is 0.874. The molecule has 0 aliphatic heterocycles. The van der Waals surface area contributed by atoms with Crippen LogP contribution >= 0.6 is 0 Å². The van der Waals surface area contributed by atoms with Crippen molar-refractivity contribution in [2.24, 2.45) is 5.73 Å². The Bertz CT molecular complexity index is 489. The van der Waals surface area contributed by atoms with Gasteiger partial charge in [-0.3, -0.25) is 0 Å². The Morgan fingerprint density at radius 2 is 1.94 bits per heavy atom. The summed E-state index contributed by atoms with van der Waals surface area (Å²) in [6, 6.07) is 12.3. The Labute approximate surface area is 102 Å². The van der Waals surface area contributed by atoms with Crippen molar-refractivity contribution >= 4 is 5.82 Å². The second-order valence-electron chi connectivity index (χ2n) is 4.20. The van der Waals surface area contributed by atoms with E-state index in [0.717, 1.165) is 22.5 Å². The largest absolute Gasteiger partial charge is 0.363 e. The monoisotopic (exact) mass is 227 g/mol. The lowest BCUT2D eigenvalue weighted by Gasteiger charge is -2.11. The third kappa shape index (κ3) is 2.63. The molecule has 0 spiro atoms. The lowest BCUT2D eigenvalue weighted by molar-refractivity contribution is 1.07. The molecule has 0 radical (unpaired) electrons. The molecule has 0 fully saturated rings. The second kappa shape index (κ2) is 4.97. The molecule has 0 saturated carbocycles. The highest BCUT2D eigenvalue weighted by Gasteiger charge is 2.01. The fourth-order valence-electron chi connectivity index (χ4n) is 1.70. The van der Waals surface area contributed by atoms with Gasteiger partial charge in [0.1, 0.15) is 5.82 Å². The molecule has 2 aromatic rings. The summed E-state index contributed by atoms with van der Waals surface area (Å²) in [5.74, 6) is 0.962. The van der Waals surface area contributed by atoms with Crippen LogP contribution in [0.4, 0.5) is 5.82 Å². The molecule has 0 aliphatic rings. The summed E-state index contributed by atoms with van der Waals surface area (Å²) in [5.41, 5.74) is 9.05. The van der Waals surface area contributed by atoms with Gasteiger partial charge in [0, 0.05) is 32.4 Å². The van der Waals surface area contributed by atoms with Crippen molar-refractivity contribution in [1.29, 1.82) is 0 Å². The number of hydrogen-bond donors (Lipinski definition) is 1. The number of nitrogens with zero attached hydrogens (tertiary/aromatic N) is 2. The smallest absolute Gasteiger partial charge is 0.127 e. The zero-order chi connectivity index (χ0) is 12.3. The van der Waals surface area contributed by atoms with Gasteiger partial charge in [0.2, 0.25) is 0 Å². The maximum Gasteiger partial charge on any atom is 0.127 e. The molecule has 2 rings (SSSR count). The van der Waals surface area contributed by atoms with Gasteiger partial charge in [-0.25, -0.2) is 4.98 Å². The zero-order valence-electron chi connectivity index (χ0n) is 10.2. The first kappa shape index (κ1) is 11.6. The average Bonchev–Trinajstić information content (AvgIpc) is 2.39. The van der Waals surface area contributed by atoms with Crippen LogP contribution in [-0.2, 0) is 6.54 Å². The molecule has 1 aromatic carbocycles. The van der Waals surface area contributed by atoms with Crippen molar-refractivity contribution in [3.63, 3.8) is 0 Å². The van der Waals surface area contributed by atoms with Gasteiger partial charge in [0.05, 0.1) is 0 Å². The van der Waals surface area contributed by atoms with Gasteiger partial charge in [0.15, 0.2) is 0 Å². The van der Waals surface area contributed by atoms with E-state index in [1.807, 2.05) is 43.4 Å². The molecule has 0 atom stereocenters. The summed E-state index contributed by atoms with van der Waals surface area (Å²) in [6.07, 6.45) is 1.89. The molecule has 3 nitrogen and oxygen atoms in total. The summed E-state index contributed by atoms with van der Waals surface area (Å²) < 4.78 is 0. The highest BCUT2D eigenvalue weighted by atomic mass is 15.1. The maximum absolute atomic E-state index is 5.64. The lowest BCUT2D eigenvalue weighted by Crippen LogP contribution is -2.09. The van der Waals surface area contributed by atoms with Gasteiger partial charge >= 0.3 is 0 Å². The molecule has 0 unspecified atom stereocenters. The third-order valence-electron chi connectivity index (χ3n) is 2.70. The number of hydrogen-bond acceptors (Lipinski definition) is 3. The number of pyridine rings is 1. The molecule has 3 heteroatoms. The van der Waals surface area contributed by atoms with E-state index in [4.69, 9.17) is 5.73 Å². The van der Waals surface area contributed by atoms with Crippen molar-refractivity contribution in [3.05, 3.63) is 48.2 Å². The standard InChI is InChI=1S/C14H17N3/c1-17(2)14-7-6-13(10-16-14)12-5-3-4-11(8-12)9-15/h3-8,10H,9,15H2,1-2H3. The summed E-state index contributed by atoms with van der Waals surface area (Å²) in [4.78, 5) is 6.39. The van der Waals surface area contributed by atoms with Crippen LogP contribution in [0.5, 0.6) is 0 Å². The van der Waals surface area contributed by atoms with Gasteiger partial charge in [-0.15, -0.1) is 0 Å². The van der Waals surface area contributed by atoms with Crippen molar-refractivity contribution in [2.75, 3.05) is 19.0 Å². The van der Waals surface area contributed by atoms with E-state index in [9.17, 15) is 0 Å². The highest BCUT2D eigenvalue weighted by molar-refractivity contribution is 5.64. The van der Waals surface area contributed by atoms with Crippen molar-refractivity contribution in [2.45, 2.75) is 6.54 Å². The molecule has 17 heavy (non-hydrogen) atoms. The molecule has 0 aliphatic carbocycles. The first-order valence-corrected chi connectivity index (χ1v) is 5.63. The number of benzene rings is 1. The Morgan fingerprint density at radius 1 is 1.12 bits per heavy atom. The van der Waals surface area contributed by atoms with E-state index in [1.54, 1.807) is 0 Å². The number of anilines is 1. The normalized spacial score (nSPS) is 10.3. The van der Waals surface area contributed by atoms with Crippen LogP contribution < -0.4 is 10.6 Å². The highest BCUT2D eigenvalue weighted by Crippen LogP contribution is 2.21. The average molecular weight is 227 g/mol. The molecule has 1 heterocycles. The van der Waals surface area contributed by atoms with Gasteiger partial charge < -0.3 is 10.6 Å². The molecule has 0 amide bonds. The summed E-state index contributed by atoms with van der Waals surface area (Å²) in [6.45, 7) is 0.567. The maximum atomic E-state index is 5.64. The summed E-state index contributed by atoms with van der Waals surface area (Å²) in [7, 11) is 3.97. The number of nitrogens with two attached hydrogens (primary N) is 1. The van der Waals surface area contributed by atoms with Crippen LogP contribution in [0.1, 0.15) is 5.56 Å². The van der Waals surface area contributed by atoms with Crippen molar-refractivity contribution in [3.8, 4) is 11.1 Å². The Balaban J connectivity index is 2.32. The molecular weight excluding hydrogens is 210 g/mol. The van der Waals surface area contributed by atoms with E-state index in [2.05, 4.69) is 23.2 Å². The van der Waals surface area contributed by atoms with Crippen LogP contribution in [0.2, 0.25) is 0 Å². The van der Waals surface area contributed by atoms with E-state index in [-0.39, 0.29) is 0 Å². The van der Waals surface area contributed by atoms with Crippen LogP contribution in [0, 0.1) is 0 Å². The predicted octanol–water partition coefficient (Wildman–Crippen LogP) is 2.27. The third-order valence-corrected chi connectivity index (χ3v) is 2.70. The molecular formula is C14H17N3. The first-order chi connectivity index (χ1) is 8.20. The summed E-state index contributed by atoms with van der Waals surface area (Å²) >= 11 is 0. The van der Waals surface area contributed by atoms with Gasteiger partial charge in [-0.2, -0.15) is 0 Å². The van der Waals surface area contributed by atoms with Crippen LogP contribution in [0.3, 0.4) is 0 Å². The molecule has 0 saturated heterocycles. The second-order valence-corrected chi connectivity index (χ2v) is 4.20. The SMILES string of the molecule is CN(C)c1ccc(-c2cccc(CN)c2)cn1. The molecule has 88 valence electrons. The van der Waals surface area contributed by atoms with E-state index in [1.165, 1.54) is 0 Å². The predicted molar refractivity (Wildman–Crippen MR) is 71.9 cm³/mol. The van der Waals surface area contributed by atoms with Crippen LogP contribution in [0.25, 0.3) is 11.1 Å². The molecule has 2 N–H and O–H groups in total. The fourth-order valence-corrected chi connectivity index (χ4v) is 1.70. The minimum Gasteiger partial charge on any atom is -0.363 e. The Hall–Kier alpha value is -1.87.